The molecule has 0 aromatic heterocycles. The maximum atomic E-state index is 12.0. The van der Waals surface area contributed by atoms with E-state index in [1.54, 1.807) is 6.08 Å². The third-order valence-corrected chi connectivity index (χ3v) is 3.94. The minimum Gasteiger partial charge on any atom is -0.352 e. The number of carbonyl (C=O) groups excluding carboxylic acids is 2. The standard InChI is InChI=1S/C15H26N4O2/c1-2-5-17-14(20)12-18-6-8-19(9-7-18)15(21)11-16-10-13-3-4-13/h2,13,16H,1,3-12H2,(H,17,20). The van der Waals surface area contributed by atoms with Gasteiger partial charge < -0.3 is 15.5 Å². The summed E-state index contributed by atoms with van der Waals surface area (Å²) in [6.07, 6.45) is 4.27. The lowest BCUT2D eigenvalue weighted by atomic mass is 10.3. The summed E-state index contributed by atoms with van der Waals surface area (Å²) in [6.45, 7) is 8.81. The van der Waals surface area contributed by atoms with Crippen LogP contribution in [0.2, 0.25) is 0 Å². The van der Waals surface area contributed by atoms with Crippen LogP contribution in [0.3, 0.4) is 0 Å². The summed E-state index contributed by atoms with van der Waals surface area (Å²) in [4.78, 5) is 27.6. The van der Waals surface area contributed by atoms with E-state index in [9.17, 15) is 9.59 Å². The Morgan fingerprint density at radius 3 is 2.52 bits per heavy atom. The van der Waals surface area contributed by atoms with Crippen molar-refractivity contribution in [3.8, 4) is 0 Å². The molecular weight excluding hydrogens is 268 g/mol. The van der Waals surface area contributed by atoms with Gasteiger partial charge in [-0.25, -0.2) is 0 Å². The fraction of sp³-hybridized carbons (Fsp3) is 0.733. The number of nitrogens with zero attached hydrogens (tertiary/aromatic N) is 2. The van der Waals surface area contributed by atoms with Gasteiger partial charge in [0.2, 0.25) is 11.8 Å². The molecule has 0 bridgehead atoms. The second-order valence-corrected chi connectivity index (χ2v) is 5.82. The summed E-state index contributed by atoms with van der Waals surface area (Å²) < 4.78 is 0. The predicted molar refractivity (Wildman–Crippen MR) is 81.8 cm³/mol. The Balaban J connectivity index is 1.59. The van der Waals surface area contributed by atoms with Crippen LogP contribution in [0.4, 0.5) is 0 Å². The van der Waals surface area contributed by atoms with Gasteiger partial charge in [0.25, 0.3) is 0 Å². The summed E-state index contributed by atoms with van der Waals surface area (Å²) in [5.41, 5.74) is 0. The van der Waals surface area contributed by atoms with Crippen molar-refractivity contribution >= 4 is 11.8 Å². The van der Waals surface area contributed by atoms with Gasteiger partial charge >= 0.3 is 0 Å². The number of amides is 2. The summed E-state index contributed by atoms with van der Waals surface area (Å²) in [5.74, 6) is 0.982. The van der Waals surface area contributed by atoms with Crippen molar-refractivity contribution in [2.75, 3.05) is 52.4 Å². The van der Waals surface area contributed by atoms with Gasteiger partial charge in [0.05, 0.1) is 13.1 Å². The Kier molecular flexibility index (Phi) is 6.20. The van der Waals surface area contributed by atoms with E-state index in [-0.39, 0.29) is 11.8 Å². The summed E-state index contributed by atoms with van der Waals surface area (Å²) in [7, 11) is 0. The zero-order valence-corrected chi connectivity index (χ0v) is 12.6. The van der Waals surface area contributed by atoms with Gasteiger partial charge in [-0.1, -0.05) is 6.08 Å². The van der Waals surface area contributed by atoms with Crippen LogP contribution in [-0.4, -0.2) is 74.0 Å². The Hall–Kier alpha value is -1.40. The lowest BCUT2D eigenvalue weighted by Gasteiger charge is -2.34. The van der Waals surface area contributed by atoms with Gasteiger partial charge in [0.1, 0.15) is 0 Å². The molecule has 2 aliphatic rings. The maximum Gasteiger partial charge on any atom is 0.236 e. The Morgan fingerprint density at radius 2 is 1.90 bits per heavy atom. The molecule has 2 fully saturated rings. The van der Waals surface area contributed by atoms with Crippen LogP contribution in [0, 0.1) is 5.92 Å². The minimum atomic E-state index is 0.0146. The number of rotatable bonds is 8. The van der Waals surface area contributed by atoms with E-state index < -0.39 is 0 Å². The molecule has 1 aliphatic heterocycles. The van der Waals surface area contributed by atoms with Crippen LogP contribution in [-0.2, 0) is 9.59 Å². The van der Waals surface area contributed by atoms with Crippen LogP contribution in [0.1, 0.15) is 12.8 Å². The first kappa shape index (κ1) is 16.0. The second kappa shape index (κ2) is 8.14. The normalized spacial score (nSPS) is 19.3. The van der Waals surface area contributed by atoms with E-state index >= 15 is 0 Å². The molecular formula is C15H26N4O2. The van der Waals surface area contributed by atoms with E-state index in [1.165, 1.54) is 12.8 Å². The third-order valence-electron chi connectivity index (χ3n) is 3.94. The van der Waals surface area contributed by atoms with E-state index in [1.807, 2.05) is 4.90 Å². The first-order valence-corrected chi connectivity index (χ1v) is 7.77. The smallest absolute Gasteiger partial charge is 0.236 e. The Labute approximate surface area is 126 Å². The molecule has 2 amide bonds. The summed E-state index contributed by atoms with van der Waals surface area (Å²) >= 11 is 0. The first-order valence-electron chi connectivity index (χ1n) is 7.77. The van der Waals surface area contributed by atoms with E-state index in [0.717, 1.165) is 25.6 Å². The van der Waals surface area contributed by atoms with Gasteiger partial charge in [-0.15, -0.1) is 6.58 Å². The zero-order valence-electron chi connectivity index (χ0n) is 12.6. The highest BCUT2D eigenvalue weighted by molar-refractivity contribution is 5.79. The molecule has 0 aromatic rings. The van der Waals surface area contributed by atoms with Gasteiger partial charge in [-0.05, 0) is 25.3 Å². The summed E-state index contributed by atoms with van der Waals surface area (Å²) in [5, 5.41) is 6.00. The SMILES string of the molecule is C=CCNC(=O)CN1CCN(C(=O)CNCC2CC2)CC1. The number of hydrogen-bond donors (Lipinski definition) is 2. The molecule has 6 nitrogen and oxygen atoms in total. The minimum absolute atomic E-state index is 0.0146. The van der Waals surface area contributed by atoms with Crippen LogP contribution in [0.5, 0.6) is 0 Å². The van der Waals surface area contributed by atoms with Crippen molar-refractivity contribution in [3.63, 3.8) is 0 Å². The van der Waals surface area contributed by atoms with E-state index in [0.29, 0.717) is 32.7 Å². The van der Waals surface area contributed by atoms with Gasteiger partial charge in [-0.2, -0.15) is 0 Å². The molecule has 21 heavy (non-hydrogen) atoms. The predicted octanol–water partition coefficient (Wildman–Crippen LogP) is -0.568. The topological polar surface area (TPSA) is 64.7 Å². The molecule has 0 spiro atoms. The van der Waals surface area contributed by atoms with Crippen molar-refractivity contribution in [2.24, 2.45) is 5.92 Å². The molecule has 1 heterocycles. The molecule has 1 aliphatic carbocycles. The average Bonchev–Trinajstić information content (AvgIpc) is 3.30. The zero-order chi connectivity index (χ0) is 15.1. The molecule has 0 radical (unpaired) electrons. The highest BCUT2D eigenvalue weighted by Crippen LogP contribution is 2.27. The van der Waals surface area contributed by atoms with Gasteiger partial charge in [0, 0.05) is 32.7 Å². The van der Waals surface area contributed by atoms with Crippen molar-refractivity contribution in [3.05, 3.63) is 12.7 Å². The molecule has 1 saturated heterocycles. The second-order valence-electron chi connectivity index (χ2n) is 5.82. The molecule has 118 valence electrons. The number of hydrogen-bond acceptors (Lipinski definition) is 4. The average molecular weight is 294 g/mol. The fourth-order valence-electron chi connectivity index (χ4n) is 2.42. The fourth-order valence-corrected chi connectivity index (χ4v) is 2.42. The first-order chi connectivity index (χ1) is 10.2. The van der Waals surface area contributed by atoms with Crippen molar-refractivity contribution < 1.29 is 9.59 Å². The van der Waals surface area contributed by atoms with E-state index in [2.05, 4.69) is 22.1 Å². The maximum absolute atomic E-state index is 12.0. The lowest BCUT2D eigenvalue weighted by molar-refractivity contribution is -0.132. The molecule has 2 N–H and O–H groups in total. The summed E-state index contributed by atoms with van der Waals surface area (Å²) in [6, 6.07) is 0. The number of piperazine rings is 1. The monoisotopic (exact) mass is 294 g/mol. The third kappa shape index (κ3) is 5.85. The van der Waals surface area contributed by atoms with E-state index in [4.69, 9.17) is 0 Å². The molecule has 1 saturated carbocycles. The molecule has 2 rings (SSSR count). The molecule has 0 aromatic carbocycles. The number of nitrogens with one attached hydrogen (secondary N) is 2. The van der Waals surface area contributed by atoms with Crippen molar-refractivity contribution in [1.29, 1.82) is 0 Å². The quantitative estimate of drug-likeness (QED) is 0.589. The molecule has 0 atom stereocenters. The van der Waals surface area contributed by atoms with Crippen LogP contribution in [0.15, 0.2) is 12.7 Å². The Morgan fingerprint density at radius 1 is 1.19 bits per heavy atom. The lowest BCUT2D eigenvalue weighted by Crippen LogP contribution is -2.52. The highest BCUT2D eigenvalue weighted by Gasteiger charge is 2.24. The van der Waals surface area contributed by atoms with Gasteiger partial charge in [-0.3, -0.25) is 14.5 Å². The largest absolute Gasteiger partial charge is 0.352 e. The van der Waals surface area contributed by atoms with Crippen LogP contribution < -0.4 is 10.6 Å². The highest BCUT2D eigenvalue weighted by atomic mass is 16.2. The molecule has 6 heteroatoms. The van der Waals surface area contributed by atoms with Crippen LogP contribution >= 0.6 is 0 Å². The van der Waals surface area contributed by atoms with Crippen LogP contribution in [0.25, 0.3) is 0 Å². The van der Waals surface area contributed by atoms with Crippen molar-refractivity contribution in [2.45, 2.75) is 12.8 Å². The Bertz CT molecular complexity index is 374. The van der Waals surface area contributed by atoms with Gasteiger partial charge in [0.15, 0.2) is 0 Å². The molecule has 0 unspecified atom stereocenters. The van der Waals surface area contributed by atoms with Crippen molar-refractivity contribution in [1.82, 2.24) is 20.4 Å². The number of carbonyl (C=O) groups is 2.